The number of fused-ring (bicyclic) bond motifs is 1. The molecule has 0 fully saturated rings. The van der Waals surface area contributed by atoms with Crippen LogP contribution in [0.4, 0.5) is 14.6 Å². The van der Waals surface area contributed by atoms with E-state index in [1.54, 1.807) is 23.5 Å². The lowest BCUT2D eigenvalue weighted by Gasteiger charge is -2.19. The van der Waals surface area contributed by atoms with Gasteiger partial charge in [0, 0.05) is 17.3 Å². The van der Waals surface area contributed by atoms with Crippen LogP contribution in [0.15, 0.2) is 40.2 Å². The molecule has 0 saturated heterocycles. The summed E-state index contributed by atoms with van der Waals surface area (Å²) >= 11 is 5.03. The molecule has 0 aliphatic carbocycles. The maximum Gasteiger partial charge on any atom is 0.297 e. The minimum Gasteiger partial charge on any atom is -0.354 e. The number of nitrogens with zero attached hydrogens (tertiary/aromatic N) is 3. The molecule has 114 valence electrons. The van der Waals surface area contributed by atoms with Gasteiger partial charge in [-0.05, 0) is 40.2 Å². The number of hydrogen-bond donors (Lipinski definition) is 0. The molecular weight excluding hydrogens is 372 g/mol. The summed E-state index contributed by atoms with van der Waals surface area (Å²) in [7, 11) is 1.84. The third kappa shape index (κ3) is 3.10. The van der Waals surface area contributed by atoms with E-state index in [1.807, 2.05) is 36.2 Å². The van der Waals surface area contributed by atoms with E-state index in [4.69, 9.17) is 0 Å². The molecule has 0 N–H and O–H groups in total. The van der Waals surface area contributed by atoms with Gasteiger partial charge in [-0.1, -0.05) is 12.1 Å². The molecule has 22 heavy (non-hydrogen) atoms. The quantitative estimate of drug-likeness (QED) is 0.632. The van der Waals surface area contributed by atoms with E-state index in [1.165, 1.54) is 0 Å². The van der Waals surface area contributed by atoms with Gasteiger partial charge in [0.1, 0.15) is 5.82 Å². The number of aromatic nitrogens is 2. The molecule has 0 bridgehead atoms. The Morgan fingerprint density at radius 1 is 1.18 bits per heavy atom. The van der Waals surface area contributed by atoms with E-state index in [0.717, 1.165) is 14.0 Å². The Bertz CT molecular complexity index is 806. The lowest BCUT2D eigenvalue weighted by molar-refractivity contribution is 0.141. The summed E-state index contributed by atoms with van der Waals surface area (Å²) < 4.78 is 27.1. The van der Waals surface area contributed by atoms with Crippen molar-refractivity contribution in [1.82, 2.24) is 9.97 Å². The van der Waals surface area contributed by atoms with Gasteiger partial charge in [-0.15, -0.1) is 11.3 Å². The van der Waals surface area contributed by atoms with Crippen LogP contribution in [-0.4, -0.2) is 17.0 Å². The van der Waals surface area contributed by atoms with Crippen LogP contribution in [0.2, 0.25) is 0 Å². The summed E-state index contributed by atoms with van der Waals surface area (Å²) in [5.41, 5.74) is 0.530. The van der Waals surface area contributed by atoms with Crippen molar-refractivity contribution >= 4 is 44.0 Å². The van der Waals surface area contributed by atoms with Gasteiger partial charge in [0.2, 0.25) is 0 Å². The van der Waals surface area contributed by atoms with Crippen molar-refractivity contribution in [2.45, 2.75) is 13.0 Å². The van der Waals surface area contributed by atoms with Gasteiger partial charge >= 0.3 is 0 Å². The normalized spacial score (nSPS) is 11.3. The fourth-order valence-corrected chi connectivity index (χ4v) is 3.75. The monoisotopic (exact) mass is 383 g/mol. The minimum atomic E-state index is -2.69. The number of rotatable bonds is 4. The Hall–Kier alpha value is -1.60. The molecule has 3 rings (SSSR count). The lowest BCUT2D eigenvalue weighted by atomic mass is 10.2. The Morgan fingerprint density at radius 3 is 2.64 bits per heavy atom. The SMILES string of the molecule is CN(Cc1ccc(Br)s1)c1nc(C(F)F)nc2ccccc12. The molecule has 0 atom stereocenters. The number of anilines is 1. The number of thiophene rings is 1. The zero-order valence-corrected chi connectivity index (χ0v) is 14.0. The number of benzene rings is 1. The summed E-state index contributed by atoms with van der Waals surface area (Å²) in [6.45, 7) is 0.597. The molecule has 2 heterocycles. The van der Waals surface area contributed by atoms with E-state index < -0.39 is 12.2 Å². The number of para-hydroxylation sites is 1. The summed E-state index contributed by atoms with van der Waals surface area (Å²) in [6.07, 6.45) is -2.69. The van der Waals surface area contributed by atoms with Crippen LogP contribution < -0.4 is 4.90 Å². The van der Waals surface area contributed by atoms with Gasteiger partial charge in [-0.2, -0.15) is 0 Å². The first-order valence-electron chi connectivity index (χ1n) is 6.55. The molecule has 0 amide bonds. The summed E-state index contributed by atoms with van der Waals surface area (Å²) in [4.78, 5) is 11.0. The van der Waals surface area contributed by atoms with E-state index in [-0.39, 0.29) is 0 Å². The summed E-state index contributed by atoms with van der Waals surface area (Å²) in [5.74, 6) is 0.0818. The van der Waals surface area contributed by atoms with Crippen LogP contribution in [0.3, 0.4) is 0 Å². The van der Waals surface area contributed by atoms with Crippen molar-refractivity contribution in [3.8, 4) is 0 Å². The molecule has 1 aromatic carbocycles. The molecule has 3 aromatic rings. The zero-order valence-electron chi connectivity index (χ0n) is 11.6. The highest BCUT2D eigenvalue weighted by Gasteiger charge is 2.17. The molecule has 0 spiro atoms. The van der Waals surface area contributed by atoms with Crippen LogP contribution in [-0.2, 0) is 6.54 Å². The first-order chi connectivity index (χ1) is 10.5. The summed E-state index contributed by atoms with van der Waals surface area (Å²) in [5, 5.41) is 0.769. The van der Waals surface area contributed by atoms with Crippen LogP contribution in [0.25, 0.3) is 10.9 Å². The number of alkyl halides is 2. The van der Waals surface area contributed by atoms with Gasteiger partial charge in [0.25, 0.3) is 6.43 Å². The van der Waals surface area contributed by atoms with Gasteiger partial charge < -0.3 is 4.90 Å². The molecule has 0 aliphatic rings. The molecule has 0 saturated carbocycles. The molecule has 2 aromatic heterocycles. The second-order valence-electron chi connectivity index (χ2n) is 4.79. The van der Waals surface area contributed by atoms with Gasteiger partial charge in [-0.25, -0.2) is 18.7 Å². The van der Waals surface area contributed by atoms with Crippen molar-refractivity contribution in [2.24, 2.45) is 0 Å². The van der Waals surface area contributed by atoms with Crippen LogP contribution in [0, 0.1) is 0 Å². The summed E-state index contributed by atoms with van der Waals surface area (Å²) in [6, 6.07) is 11.2. The second kappa shape index (κ2) is 6.26. The molecule has 0 aliphatic heterocycles. The van der Waals surface area contributed by atoms with E-state index >= 15 is 0 Å². The zero-order chi connectivity index (χ0) is 15.7. The highest BCUT2D eigenvalue weighted by molar-refractivity contribution is 9.11. The Kier molecular flexibility index (Phi) is 4.35. The average Bonchev–Trinajstić information content (AvgIpc) is 2.91. The van der Waals surface area contributed by atoms with E-state index in [9.17, 15) is 8.78 Å². The average molecular weight is 384 g/mol. The molecule has 7 heteroatoms. The van der Waals surface area contributed by atoms with Gasteiger partial charge in [0.15, 0.2) is 5.82 Å². The fraction of sp³-hybridized carbons (Fsp3) is 0.200. The molecule has 0 radical (unpaired) electrons. The van der Waals surface area contributed by atoms with Crippen LogP contribution in [0.1, 0.15) is 17.1 Å². The van der Waals surface area contributed by atoms with Crippen LogP contribution >= 0.6 is 27.3 Å². The smallest absolute Gasteiger partial charge is 0.297 e. The third-order valence-electron chi connectivity index (χ3n) is 3.18. The Balaban J connectivity index is 2.03. The van der Waals surface area contributed by atoms with Crippen molar-refractivity contribution in [2.75, 3.05) is 11.9 Å². The van der Waals surface area contributed by atoms with Crippen molar-refractivity contribution < 1.29 is 8.78 Å². The van der Waals surface area contributed by atoms with E-state index in [0.29, 0.717) is 17.9 Å². The maximum absolute atomic E-state index is 13.0. The first kappa shape index (κ1) is 15.3. The molecular formula is C15H12BrF2N3S. The Labute approximate surface area is 138 Å². The standard InChI is InChI=1S/C15H12BrF2N3S/c1-21(8-9-6-7-12(16)22-9)15-10-4-2-3-5-11(10)19-14(20-15)13(17)18/h2-7,13H,8H2,1H3. The topological polar surface area (TPSA) is 29.0 Å². The highest BCUT2D eigenvalue weighted by Crippen LogP contribution is 2.29. The maximum atomic E-state index is 13.0. The van der Waals surface area contributed by atoms with Crippen molar-refractivity contribution in [3.63, 3.8) is 0 Å². The lowest BCUT2D eigenvalue weighted by Crippen LogP contribution is -2.18. The number of hydrogen-bond acceptors (Lipinski definition) is 4. The van der Waals surface area contributed by atoms with Crippen LogP contribution in [0.5, 0.6) is 0 Å². The second-order valence-corrected chi connectivity index (χ2v) is 7.33. The largest absolute Gasteiger partial charge is 0.354 e. The minimum absolute atomic E-state index is 0.437. The number of halogens is 3. The van der Waals surface area contributed by atoms with Crippen molar-refractivity contribution in [3.05, 3.63) is 50.9 Å². The first-order valence-corrected chi connectivity index (χ1v) is 8.15. The predicted octanol–water partition coefficient (Wildman–Crippen LogP) is 5.03. The fourth-order valence-electron chi connectivity index (χ4n) is 2.21. The predicted molar refractivity (Wildman–Crippen MR) is 88.6 cm³/mol. The third-order valence-corrected chi connectivity index (χ3v) is 4.79. The van der Waals surface area contributed by atoms with E-state index in [2.05, 4.69) is 25.9 Å². The highest BCUT2D eigenvalue weighted by atomic mass is 79.9. The molecule has 3 nitrogen and oxygen atoms in total. The van der Waals surface area contributed by atoms with Gasteiger partial charge in [0.05, 0.1) is 15.8 Å². The van der Waals surface area contributed by atoms with Crippen molar-refractivity contribution in [1.29, 1.82) is 0 Å². The van der Waals surface area contributed by atoms with Gasteiger partial charge in [-0.3, -0.25) is 0 Å². The molecule has 0 unspecified atom stereocenters. The Morgan fingerprint density at radius 2 is 1.95 bits per heavy atom.